The molecular weight excluding hydrogens is 307 g/mol. The average molecular weight is 310 g/mol. The van der Waals surface area contributed by atoms with Crippen molar-refractivity contribution in [1.29, 1.82) is 0 Å². The van der Waals surface area contributed by atoms with Crippen LogP contribution in [-0.4, -0.2) is 51.3 Å². The second kappa shape index (κ2) is 4.32. The average Bonchev–Trinajstić information content (AvgIpc) is 1.98. The summed E-state index contributed by atoms with van der Waals surface area (Å²) in [7, 11) is 1.00. The van der Waals surface area contributed by atoms with Gasteiger partial charge < -0.3 is 0 Å². The van der Waals surface area contributed by atoms with Gasteiger partial charge in [0.05, 0.1) is 0 Å². The summed E-state index contributed by atoms with van der Waals surface area (Å²) in [5.74, 6) is -1.04. The van der Waals surface area contributed by atoms with Crippen molar-refractivity contribution in [2.24, 2.45) is 0 Å². The van der Waals surface area contributed by atoms with Gasteiger partial charge in [0.25, 0.3) is 0 Å². The van der Waals surface area contributed by atoms with Crippen LogP contribution in [0.25, 0.3) is 0 Å². The second-order valence-electron chi connectivity index (χ2n) is 1.65. The summed E-state index contributed by atoms with van der Waals surface area (Å²) in [5.41, 5.74) is 0. The summed E-state index contributed by atoms with van der Waals surface area (Å²) in [6.07, 6.45) is -4.55. The number of hydrogen-bond acceptors (Lipinski definition) is 2. The number of rotatable bonds is 1. The SMILES string of the molecule is COC(=O)/C([Se])=C(\[Se])C(F)(F)F. The molecule has 0 aromatic carbocycles. The standard InChI is InChI=1S/C5H3F3O2Se2/c1-10-4(9)2(11)3(12)5(6,7)8/h1H3/b3-2+. The summed E-state index contributed by atoms with van der Waals surface area (Å²) in [6.45, 7) is 0. The van der Waals surface area contributed by atoms with E-state index in [-0.39, 0.29) is 0 Å². The number of hydrogen-bond donors (Lipinski definition) is 0. The second-order valence-corrected chi connectivity index (χ2v) is 3.36. The molecule has 0 heterocycles. The molecule has 0 aliphatic heterocycles. The summed E-state index contributed by atoms with van der Waals surface area (Å²) in [6, 6.07) is 0. The Morgan fingerprint density at radius 2 is 1.75 bits per heavy atom. The number of carbonyl (C=O) groups excluding carboxylic acids is 1. The van der Waals surface area contributed by atoms with Crippen molar-refractivity contribution >= 4 is 38.0 Å². The molecule has 0 fully saturated rings. The first-order valence-corrected chi connectivity index (χ1v) is 4.25. The van der Waals surface area contributed by atoms with Crippen molar-refractivity contribution in [3.8, 4) is 0 Å². The van der Waals surface area contributed by atoms with Crippen LogP contribution >= 0.6 is 0 Å². The first-order chi connectivity index (χ1) is 5.30. The van der Waals surface area contributed by atoms with E-state index in [0.29, 0.717) is 0 Å². The summed E-state index contributed by atoms with van der Waals surface area (Å²) in [4.78, 5) is 10.6. The maximum absolute atomic E-state index is 11.9. The Morgan fingerprint density at radius 3 is 2.00 bits per heavy atom. The van der Waals surface area contributed by atoms with Gasteiger partial charge in [0.15, 0.2) is 0 Å². The minimum atomic E-state index is -4.55. The van der Waals surface area contributed by atoms with Crippen LogP contribution in [0.3, 0.4) is 0 Å². The van der Waals surface area contributed by atoms with Crippen LogP contribution in [0.4, 0.5) is 13.2 Å². The van der Waals surface area contributed by atoms with Crippen LogP contribution in [0, 0.1) is 0 Å². The third kappa shape index (κ3) is 3.19. The van der Waals surface area contributed by atoms with E-state index in [1.54, 1.807) is 16.0 Å². The quantitative estimate of drug-likeness (QED) is 0.395. The van der Waals surface area contributed by atoms with E-state index in [9.17, 15) is 18.0 Å². The van der Waals surface area contributed by atoms with Crippen molar-refractivity contribution in [2.75, 3.05) is 7.11 Å². The van der Waals surface area contributed by atoms with Gasteiger partial charge in [-0.2, -0.15) is 0 Å². The number of carbonyl (C=O) groups is 1. The third-order valence-corrected chi connectivity index (χ3v) is 3.18. The number of alkyl halides is 3. The molecule has 12 heavy (non-hydrogen) atoms. The first-order valence-electron chi connectivity index (χ1n) is 2.54. The Kier molecular flexibility index (Phi) is 4.34. The van der Waals surface area contributed by atoms with E-state index in [4.69, 9.17) is 0 Å². The molecule has 0 aliphatic carbocycles. The fourth-order valence-electron chi connectivity index (χ4n) is 0.314. The van der Waals surface area contributed by atoms with Crippen molar-refractivity contribution < 1.29 is 22.7 Å². The van der Waals surface area contributed by atoms with Crippen molar-refractivity contribution in [3.63, 3.8) is 0 Å². The van der Waals surface area contributed by atoms with Crippen LogP contribution in [0.5, 0.6) is 0 Å². The normalized spacial score (nSPS) is 13.7. The Labute approximate surface area is 83.2 Å². The zero-order valence-electron chi connectivity index (χ0n) is 5.77. The number of halogens is 3. The van der Waals surface area contributed by atoms with Gasteiger partial charge in [-0.1, -0.05) is 0 Å². The van der Waals surface area contributed by atoms with Gasteiger partial charge in [0, 0.05) is 0 Å². The van der Waals surface area contributed by atoms with Crippen LogP contribution in [-0.2, 0) is 9.53 Å². The molecule has 0 aliphatic rings. The van der Waals surface area contributed by atoms with Crippen LogP contribution in [0.15, 0.2) is 8.94 Å². The molecule has 0 unspecified atom stereocenters. The van der Waals surface area contributed by atoms with Gasteiger partial charge in [-0.25, -0.2) is 0 Å². The molecule has 2 radical (unpaired) electrons. The summed E-state index contributed by atoms with van der Waals surface area (Å²) >= 11 is 3.74. The first kappa shape index (κ1) is 12.0. The predicted octanol–water partition coefficient (Wildman–Crippen LogP) is 0.270. The van der Waals surface area contributed by atoms with Gasteiger partial charge in [0.2, 0.25) is 0 Å². The van der Waals surface area contributed by atoms with E-state index in [1.165, 1.54) is 0 Å². The van der Waals surface area contributed by atoms with Gasteiger partial charge in [-0.05, 0) is 0 Å². The Balaban J connectivity index is 4.82. The van der Waals surface area contributed by atoms with Crippen molar-refractivity contribution in [2.45, 2.75) is 6.18 Å². The molecule has 0 atom stereocenters. The molecule has 0 rings (SSSR count). The molecule has 0 aromatic heterocycles. The summed E-state index contributed by atoms with van der Waals surface area (Å²) in [5, 5.41) is 0. The fraction of sp³-hybridized carbons (Fsp3) is 0.400. The molecule has 0 saturated carbocycles. The monoisotopic (exact) mass is 312 g/mol. The number of methoxy groups -OCH3 is 1. The van der Waals surface area contributed by atoms with E-state index >= 15 is 0 Å². The summed E-state index contributed by atoms with van der Waals surface area (Å²) < 4.78 is 38.0. The topological polar surface area (TPSA) is 26.3 Å². The molecule has 0 N–H and O–H groups in total. The van der Waals surface area contributed by atoms with Crippen molar-refractivity contribution in [1.82, 2.24) is 0 Å². The zero-order chi connectivity index (χ0) is 9.94. The van der Waals surface area contributed by atoms with Crippen LogP contribution in [0.2, 0.25) is 0 Å². The van der Waals surface area contributed by atoms with Crippen LogP contribution < -0.4 is 0 Å². The zero-order valence-corrected chi connectivity index (χ0v) is 9.19. The predicted molar refractivity (Wildman–Crippen MR) is 36.6 cm³/mol. The Morgan fingerprint density at radius 1 is 1.33 bits per heavy atom. The molecule has 68 valence electrons. The van der Waals surface area contributed by atoms with Gasteiger partial charge in [-0.3, -0.25) is 0 Å². The number of allylic oxidation sites excluding steroid dienone is 1. The van der Waals surface area contributed by atoms with E-state index in [1.807, 2.05) is 16.0 Å². The molecule has 2 nitrogen and oxygen atoms in total. The molecule has 0 bridgehead atoms. The van der Waals surface area contributed by atoms with Gasteiger partial charge in [0.1, 0.15) is 0 Å². The van der Waals surface area contributed by atoms with E-state index < -0.39 is 21.1 Å². The Bertz CT molecular complexity index is 221. The molecule has 0 amide bonds. The molecule has 0 spiro atoms. The Hall–Kier alpha value is 0.0390. The molecule has 0 saturated heterocycles. The van der Waals surface area contributed by atoms with Gasteiger partial charge >= 0.3 is 82.9 Å². The van der Waals surface area contributed by atoms with E-state index in [0.717, 1.165) is 7.11 Å². The molecule has 7 heteroatoms. The minimum absolute atomic E-state index is 0.593. The molecular formula is C5H3F3O2Se2. The van der Waals surface area contributed by atoms with Crippen molar-refractivity contribution in [3.05, 3.63) is 8.94 Å². The maximum atomic E-state index is 11.9. The van der Waals surface area contributed by atoms with E-state index in [2.05, 4.69) is 4.74 Å². The van der Waals surface area contributed by atoms with Gasteiger partial charge in [-0.15, -0.1) is 0 Å². The van der Waals surface area contributed by atoms with Crippen LogP contribution in [0.1, 0.15) is 0 Å². The third-order valence-electron chi connectivity index (χ3n) is 0.834. The number of esters is 1. The number of ether oxygens (including phenoxy) is 1. The fourth-order valence-corrected chi connectivity index (χ4v) is 0.907. The molecule has 0 aromatic rings.